The Morgan fingerprint density at radius 2 is 2.14 bits per heavy atom. The number of benzene rings is 1. The van der Waals surface area contributed by atoms with Gasteiger partial charge in [0.25, 0.3) is 0 Å². The van der Waals surface area contributed by atoms with Gasteiger partial charge in [-0.2, -0.15) is 0 Å². The van der Waals surface area contributed by atoms with Crippen LogP contribution < -0.4 is 10.2 Å². The fourth-order valence-electron chi connectivity index (χ4n) is 2.52. The number of aryl methyl sites for hydroxylation is 2. The zero-order valence-corrected chi connectivity index (χ0v) is 12.2. The van der Waals surface area contributed by atoms with Crippen molar-refractivity contribution in [2.45, 2.75) is 26.2 Å². The van der Waals surface area contributed by atoms with Gasteiger partial charge in [0.05, 0.1) is 0 Å². The van der Waals surface area contributed by atoms with Gasteiger partial charge >= 0.3 is 0 Å². The Kier molecular flexibility index (Phi) is 3.86. The van der Waals surface area contributed by atoms with Crippen molar-refractivity contribution >= 4 is 23.3 Å². The molecule has 2 amide bonds. The number of nitrogens with one attached hydrogen (secondary N) is 1. The van der Waals surface area contributed by atoms with Gasteiger partial charge in [-0.3, -0.25) is 9.59 Å². The number of amides is 2. The second kappa shape index (κ2) is 5.97. The summed E-state index contributed by atoms with van der Waals surface area (Å²) in [7, 11) is 0. The summed E-state index contributed by atoms with van der Waals surface area (Å²) in [6.45, 7) is 1.63. The van der Waals surface area contributed by atoms with Gasteiger partial charge in [-0.15, -0.1) is 0 Å². The van der Waals surface area contributed by atoms with Crippen LogP contribution >= 0.6 is 0 Å². The third-order valence-electron chi connectivity index (χ3n) is 3.63. The summed E-state index contributed by atoms with van der Waals surface area (Å²) in [5, 5.41) is 9.82. The van der Waals surface area contributed by atoms with Crippen LogP contribution in [0.2, 0.25) is 0 Å². The van der Waals surface area contributed by atoms with Gasteiger partial charge in [0.1, 0.15) is 12.2 Å². The first kappa shape index (κ1) is 14.2. The van der Waals surface area contributed by atoms with Crippen LogP contribution in [0.25, 0.3) is 0 Å². The second-order valence-corrected chi connectivity index (χ2v) is 5.21. The number of carbonyl (C=O) groups is 2. The molecule has 2 heterocycles. The van der Waals surface area contributed by atoms with E-state index >= 15 is 0 Å². The van der Waals surface area contributed by atoms with Crippen molar-refractivity contribution in [2.24, 2.45) is 0 Å². The third-order valence-corrected chi connectivity index (χ3v) is 3.63. The van der Waals surface area contributed by atoms with E-state index < -0.39 is 0 Å². The highest BCUT2D eigenvalue weighted by Gasteiger charge is 2.24. The first-order chi connectivity index (χ1) is 10.6. The van der Waals surface area contributed by atoms with Gasteiger partial charge in [0, 0.05) is 12.1 Å². The standard InChI is InChI=1S/C15H16N4O3/c1-10-15(18-22-17-10)16-13(20)9-19-12-7-3-2-5-11(12)6-4-8-14(19)21/h2-3,5,7H,4,6,8-9H2,1H3,(H,16,18,20). The topological polar surface area (TPSA) is 88.3 Å². The highest BCUT2D eigenvalue weighted by molar-refractivity contribution is 6.03. The summed E-state index contributed by atoms with van der Waals surface area (Å²) in [6.07, 6.45) is 2.07. The Hall–Kier alpha value is -2.70. The Labute approximate surface area is 127 Å². The number of hydrogen-bond donors (Lipinski definition) is 1. The van der Waals surface area contributed by atoms with Crippen molar-refractivity contribution in [1.82, 2.24) is 10.3 Å². The predicted molar refractivity (Wildman–Crippen MR) is 79.4 cm³/mol. The first-order valence-electron chi connectivity index (χ1n) is 7.12. The number of carbonyl (C=O) groups excluding carboxylic acids is 2. The number of hydrogen-bond acceptors (Lipinski definition) is 5. The molecule has 1 aliphatic heterocycles. The van der Waals surface area contributed by atoms with E-state index in [1.807, 2.05) is 24.3 Å². The molecule has 0 bridgehead atoms. The molecule has 1 aromatic carbocycles. The molecular weight excluding hydrogens is 284 g/mol. The maximum Gasteiger partial charge on any atom is 0.245 e. The van der Waals surface area contributed by atoms with E-state index in [0.29, 0.717) is 12.1 Å². The lowest BCUT2D eigenvalue weighted by Crippen LogP contribution is -2.37. The highest BCUT2D eigenvalue weighted by Crippen LogP contribution is 2.26. The lowest BCUT2D eigenvalue weighted by atomic mass is 10.1. The molecule has 0 aliphatic carbocycles. The van der Waals surface area contributed by atoms with Crippen molar-refractivity contribution in [1.29, 1.82) is 0 Å². The Balaban J connectivity index is 1.79. The minimum absolute atomic E-state index is 0.0462. The van der Waals surface area contributed by atoms with E-state index in [0.717, 1.165) is 24.1 Å². The molecule has 7 heteroatoms. The molecule has 114 valence electrons. The van der Waals surface area contributed by atoms with Gasteiger partial charge in [0.15, 0.2) is 5.82 Å². The van der Waals surface area contributed by atoms with E-state index in [9.17, 15) is 9.59 Å². The van der Waals surface area contributed by atoms with Crippen LogP contribution in [-0.2, 0) is 16.0 Å². The molecule has 7 nitrogen and oxygen atoms in total. The number of aromatic nitrogens is 2. The predicted octanol–water partition coefficient (Wildman–Crippen LogP) is 1.69. The average molecular weight is 300 g/mol. The lowest BCUT2D eigenvalue weighted by Gasteiger charge is -2.22. The van der Waals surface area contributed by atoms with E-state index in [1.165, 1.54) is 4.90 Å². The summed E-state index contributed by atoms with van der Waals surface area (Å²) < 4.78 is 4.54. The molecule has 1 aliphatic rings. The summed E-state index contributed by atoms with van der Waals surface area (Å²) in [5.74, 6) is -0.0977. The third kappa shape index (κ3) is 2.83. The largest absolute Gasteiger partial charge is 0.305 e. The number of rotatable bonds is 3. The molecule has 1 aromatic heterocycles. The van der Waals surface area contributed by atoms with Crippen LogP contribution in [0.5, 0.6) is 0 Å². The van der Waals surface area contributed by atoms with E-state index in [2.05, 4.69) is 20.3 Å². The van der Waals surface area contributed by atoms with Crippen LogP contribution in [-0.4, -0.2) is 28.7 Å². The van der Waals surface area contributed by atoms with Crippen molar-refractivity contribution in [3.63, 3.8) is 0 Å². The van der Waals surface area contributed by atoms with Gasteiger partial charge < -0.3 is 10.2 Å². The van der Waals surface area contributed by atoms with E-state index in [1.54, 1.807) is 6.92 Å². The van der Waals surface area contributed by atoms with Crippen LogP contribution in [0.1, 0.15) is 24.1 Å². The fraction of sp³-hybridized carbons (Fsp3) is 0.333. The molecule has 1 N–H and O–H groups in total. The SMILES string of the molecule is Cc1nonc1NC(=O)CN1C(=O)CCCc2ccccc21. The molecule has 2 aromatic rings. The molecule has 0 atom stereocenters. The van der Waals surface area contributed by atoms with Crippen molar-refractivity contribution < 1.29 is 14.2 Å². The normalized spacial score (nSPS) is 14.4. The Morgan fingerprint density at radius 1 is 1.32 bits per heavy atom. The maximum atomic E-state index is 12.3. The molecule has 0 saturated carbocycles. The average Bonchev–Trinajstić information content (AvgIpc) is 2.83. The van der Waals surface area contributed by atoms with Crippen LogP contribution in [0.3, 0.4) is 0 Å². The molecule has 0 fully saturated rings. The van der Waals surface area contributed by atoms with Crippen molar-refractivity contribution in [2.75, 3.05) is 16.8 Å². The Morgan fingerprint density at radius 3 is 2.91 bits per heavy atom. The Bertz CT molecular complexity index is 710. The van der Waals surface area contributed by atoms with Crippen LogP contribution in [0, 0.1) is 6.92 Å². The summed E-state index contributed by atoms with van der Waals surface area (Å²) in [5.41, 5.74) is 2.38. The summed E-state index contributed by atoms with van der Waals surface area (Å²) >= 11 is 0. The van der Waals surface area contributed by atoms with Gasteiger partial charge in [0.2, 0.25) is 11.8 Å². The molecule has 0 saturated heterocycles. The zero-order valence-electron chi connectivity index (χ0n) is 12.2. The van der Waals surface area contributed by atoms with Gasteiger partial charge in [-0.05, 0) is 36.6 Å². The van der Waals surface area contributed by atoms with E-state index in [4.69, 9.17) is 0 Å². The molecule has 0 radical (unpaired) electrons. The molecule has 3 rings (SSSR count). The van der Waals surface area contributed by atoms with E-state index in [-0.39, 0.29) is 24.2 Å². The summed E-state index contributed by atoms with van der Waals surface area (Å²) in [4.78, 5) is 26.0. The van der Waals surface area contributed by atoms with Crippen LogP contribution in [0.4, 0.5) is 11.5 Å². The molecule has 0 unspecified atom stereocenters. The minimum Gasteiger partial charge on any atom is -0.305 e. The van der Waals surface area contributed by atoms with Gasteiger partial charge in [-0.25, -0.2) is 4.63 Å². The number of fused-ring (bicyclic) bond motifs is 1. The molecule has 22 heavy (non-hydrogen) atoms. The fourth-order valence-corrected chi connectivity index (χ4v) is 2.52. The number of anilines is 2. The molecule has 0 spiro atoms. The van der Waals surface area contributed by atoms with Crippen molar-refractivity contribution in [3.05, 3.63) is 35.5 Å². The van der Waals surface area contributed by atoms with Crippen molar-refractivity contribution in [3.8, 4) is 0 Å². The quantitative estimate of drug-likeness (QED) is 0.931. The number of nitrogens with zero attached hydrogens (tertiary/aromatic N) is 3. The zero-order chi connectivity index (χ0) is 15.5. The minimum atomic E-state index is -0.330. The smallest absolute Gasteiger partial charge is 0.245 e. The van der Waals surface area contributed by atoms with Gasteiger partial charge in [-0.1, -0.05) is 23.4 Å². The maximum absolute atomic E-state index is 12.3. The second-order valence-electron chi connectivity index (χ2n) is 5.21. The lowest BCUT2D eigenvalue weighted by molar-refractivity contribution is -0.121. The number of para-hydroxylation sites is 1. The summed E-state index contributed by atoms with van der Waals surface area (Å²) in [6, 6.07) is 7.67. The monoisotopic (exact) mass is 300 g/mol. The molecular formula is C15H16N4O3. The first-order valence-corrected chi connectivity index (χ1v) is 7.12. The highest BCUT2D eigenvalue weighted by atomic mass is 16.6. The van der Waals surface area contributed by atoms with Crippen LogP contribution in [0.15, 0.2) is 28.9 Å².